The fourth-order valence-electron chi connectivity index (χ4n) is 3.02. The van der Waals surface area contributed by atoms with Crippen LogP contribution < -0.4 is 10.1 Å². The van der Waals surface area contributed by atoms with Crippen molar-refractivity contribution < 1.29 is 4.74 Å². The van der Waals surface area contributed by atoms with Gasteiger partial charge in [-0.2, -0.15) is 0 Å². The summed E-state index contributed by atoms with van der Waals surface area (Å²) in [4.78, 5) is 0. The summed E-state index contributed by atoms with van der Waals surface area (Å²) in [5.74, 6) is 1.86. The first kappa shape index (κ1) is 13.4. The zero-order valence-corrected chi connectivity index (χ0v) is 11.6. The zero-order chi connectivity index (χ0) is 12.8. The van der Waals surface area contributed by atoms with Gasteiger partial charge in [-0.1, -0.05) is 31.9 Å². The Hall–Kier alpha value is -1.02. The molecule has 2 unspecified atom stereocenters. The van der Waals surface area contributed by atoms with Crippen LogP contribution in [0.15, 0.2) is 24.3 Å². The van der Waals surface area contributed by atoms with Crippen molar-refractivity contribution in [2.75, 3.05) is 13.7 Å². The monoisotopic (exact) mass is 247 g/mol. The molecular weight excluding hydrogens is 222 g/mol. The third-order valence-electron chi connectivity index (χ3n) is 4.14. The molecule has 1 saturated carbocycles. The van der Waals surface area contributed by atoms with Gasteiger partial charge < -0.3 is 10.1 Å². The molecule has 1 aromatic rings. The lowest BCUT2D eigenvalue weighted by atomic mass is 10.0. The van der Waals surface area contributed by atoms with Gasteiger partial charge in [0.05, 0.1) is 7.11 Å². The Morgan fingerprint density at radius 3 is 3.00 bits per heavy atom. The normalized spacial score (nSPS) is 23.2. The molecule has 2 atom stereocenters. The summed E-state index contributed by atoms with van der Waals surface area (Å²) >= 11 is 0. The molecule has 1 aliphatic rings. The fraction of sp³-hybridized carbons (Fsp3) is 0.625. The second-order valence-corrected chi connectivity index (χ2v) is 5.26. The van der Waals surface area contributed by atoms with E-state index in [0.717, 1.165) is 30.7 Å². The molecule has 1 fully saturated rings. The first-order chi connectivity index (χ1) is 8.83. The number of ether oxygens (including phenoxy) is 1. The van der Waals surface area contributed by atoms with E-state index in [-0.39, 0.29) is 0 Å². The molecule has 1 N–H and O–H groups in total. The van der Waals surface area contributed by atoms with E-state index < -0.39 is 0 Å². The Morgan fingerprint density at radius 2 is 2.22 bits per heavy atom. The lowest BCUT2D eigenvalue weighted by Crippen LogP contribution is -2.33. The van der Waals surface area contributed by atoms with E-state index >= 15 is 0 Å². The summed E-state index contributed by atoms with van der Waals surface area (Å²) < 4.78 is 5.25. The van der Waals surface area contributed by atoms with Crippen LogP contribution in [0.4, 0.5) is 0 Å². The van der Waals surface area contributed by atoms with Crippen LogP contribution in [0.2, 0.25) is 0 Å². The van der Waals surface area contributed by atoms with Gasteiger partial charge in [0.2, 0.25) is 0 Å². The van der Waals surface area contributed by atoms with Crippen molar-refractivity contribution in [3.8, 4) is 5.75 Å². The maximum absolute atomic E-state index is 5.25. The molecule has 0 aliphatic heterocycles. The van der Waals surface area contributed by atoms with Crippen LogP contribution in [0, 0.1) is 5.92 Å². The summed E-state index contributed by atoms with van der Waals surface area (Å²) in [5.41, 5.74) is 1.35. The zero-order valence-electron chi connectivity index (χ0n) is 11.6. The summed E-state index contributed by atoms with van der Waals surface area (Å²) in [5, 5.41) is 3.73. The maximum atomic E-state index is 5.25. The number of hydrogen-bond donors (Lipinski definition) is 1. The van der Waals surface area contributed by atoms with Crippen LogP contribution in [0.25, 0.3) is 0 Å². The van der Waals surface area contributed by atoms with Gasteiger partial charge in [0.25, 0.3) is 0 Å². The van der Waals surface area contributed by atoms with Crippen molar-refractivity contribution in [1.82, 2.24) is 5.32 Å². The largest absolute Gasteiger partial charge is 0.497 e. The molecule has 2 nitrogen and oxygen atoms in total. The first-order valence-corrected chi connectivity index (χ1v) is 7.19. The standard InChI is InChI=1S/C16H25NO/c1-3-14-7-5-9-16(14)17-11-10-13-6-4-8-15(12-13)18-2/h4,6,8,12,14,16-17H,3,5,7,9-11H2,1-2H3. The smallest absolute Gasteiger partial charge is 0.119 e. The number of hydrogen-bond acceptors (Lipinski definition) is 2. The van der Waals surface area contributed by atoms with Gasteiger partial charge >= 0.3 is 0 Å². The van der Waals surface area contributed by atoms with Crippen LogP contribution in [-0.4, -0.2) is 19.7 Å². The SMILES string of the molecule is CCC1CCCC1NCCc1cccc(OC)c1. The number of benzene rings is 1. The molecule has 1 aliphatic carbocycles. The fourth-order valence-corrected chi connectivity index (χ4v) is 3.02. The maximum Gasteiger partial charge on any atom is 0.119 e. The quantitative estimate of drug-likeness (QED) is 0.832. The van der Waals surface area contributed by atoms with Gasteiger partial charge in [-0.25, -0.2) is 0 Å². The Bertz CT molecular complexity index is 364. The molecular formula is C16H25NO. The Balaban J connectivity index is 1.77. The molecule has 0 radical (unpaired) electrons. The number of rotatable bonds is 6. The van der Waals surface area contributed by atoms with Gasteiger partial charge in [0.15, 0.2) is 0 Å². The second kappa shape index (κ2) is 6.79. The van der Waals surface area contributed by atoms with Crippen molar-refractivity contribution in [3.63, 3.8) is 0 Å². The predicted octanol–water partition coefficient (Wildman–Crippen LogP) is 3.41. The summed E-state index contributed by atoms with van der Waals surface area (Å²) in [6.45, 7) is 3.39. The lowest BCUT2D eigenvalue weighted by Gasteiger charge is -2.19. The van der Waals surface area contributed by atoms with E-state index in [1.807, 2.05) is 6.07 Å². The van der Waals surface area contributed by atoms with E-state index in [1.165, 1.54) is 31.2 Å². The molecule has 0 aromatic heterocycles. The molecule has 18 heavy (non-hydrogen) atoms. The van der Waals surface area contributed by atoms with Crippen molar-refractivity contribution in [2.45, 2.75) is 45.1 Å². The highest BCUT2D eigenvalue weighted by Crippen LogP contribution is 2.27. The molecule has 0 bridgehead atoms. The topological polar surface area (TPSA) is 21.3 Å². The molecule has 2 heteroatoms. The van der Waals surface area contributed by atoms with E-state index in [2.05, 4.69) is 30.4 Å². The molecule has 0 amide bonds. The van der Waals surface area contributed by atoms with Crippen LogP contribution in [0.3, 0.4) is 0 Å². The molecule has 0 saturated heterocycles. The van der Waals surface area contributed by atoms with Gasteiger partial charge in [0, 0.05) is 6.04 Å². The van der Waals surface area contributed by atoms with Gasteiger partial charge in [0.1, 0.15) is 5.75 Å². The molecule has 2 rings (SSSR count). The minimum atomic E-state index is 0.751. The van der Waals surface area contributed by atoms with Crippen LogP contribution in [0.1, 0.15) is 38.2 Å². The number of methoxy groups -OCH3 is 1. The summed E-state index contributed by atoms with van der Waals surface area (Å²) in [6, 6.07) is 9.13. The highest BCUT2D eigenvalue weighted by Gasteiger charge is 2.24. The molecule has 1 aromatic carbocycles. The highest BCUT2D eigenvalue weighted by molar-refractivity contribution is 5.28. The average molecular weight is 247 g/mol. The van der Waals surface area contributed by atoms with E-state index in [9.17, 15) is 0 Å². The van der Waals surface area contributed by atoms with Crippen LogP contribution >= 0.6 is 0 Å². The Morgan fingerprint density at radius 1 is 1.33 bits per heavy atom. The third kappa shape index (κ3) is 3.49. The van der Waals surface area contributed by atoms with Crippen LogP contribution in [-0.2, 0) is 6.42 Å². The Kier molecular flexibility index (Phi) is 5.06. The first-order valence-electron chi connectivity index (χ1n) is 7.19. The van der Waals surface area contributed by atoms with Gasteiger partial charge in [-0.05, 0) is 49.4 Å². The molecule has 0 heterocycles. The van der Waals surface area contributed by atoms with E-state index in [4.69, 9.17) is 4.74 Å². The lowest BCUT2D eigenvalue weighted by molar-refractivity contribution is 0.392. The summed E-state index contributed by atoms with van der Waals surface area (Å²) in [7, 11) is 1.72. The number of nitrogens with one attached hydrogen (secondary N) is 1. The average Bonchev–Trinajstić information content (AvgIpc) is 2.86. The predicted molar refractivity (Wildman–Crippen MR) is 76.1 cm³/mol. The van der Waals surface area contributed by atoms with Crippen LogP contribution in [0.5, 0.6) is 5.75 Å². The minimum Gasteiger partial charge on any atom is -0.497 e. The van der Waals surface area contributed by atoms with E-state index in [1.54, 1.807) is 7.11 Å². The van der Waals surface area contributed by atoms with Gasteiger partial charge in [-0.3, -0.25) is 0 Å². The minimum absolute atomic E-state index is 0.751. The second-order valence-electron chi connectivity index (χ2n) is 5.26. The van der Waals surface area contributed by atoms with E-state index in [0.29, 0.717) is 0 Å². The van der Waals surface area contributed by atoms with Crippen molar-refractivity contribution in [1.29, 1.82) is 0 Å². The van der Waals surface area contributed by atoms with Gasteiger partial charge in [-0.15, -0.1) is 0 Å². The van der Waals surface area contributed by atoms with Crippen molar-refractivity contribution in [3.05, 3.63) is 29.8 Å². The van der Waals surface area contributed by atoms with Crippen molar-refractivity contribution >= 4 is 0 Å². The molecule has 100 valence electrons. The highest BCUT2D eigenvalue weighted by atomic mass is 16.5. The molecule has 0 spiro atoms. The van der Waals surface area contributed by atoms with Crippen molar-refractivity contribution in [2.24, 2.45) is 5.92 Å². The Labute approximate surface area is 111 Å². The third-order valence-corrected chi connectivity index (χ3v) is 4.14. The summed E-state index contributed by atoms with van der Waals surface area (Å²) in [6.07, 6.45) is 6.57.